The van der Waals surface area contributed by atoms with Crippen LogP contribution in [-0.4, -0.2) is 0 Å². The Morgan fingerprint density at radius 2 is 1.19 bits per heavy atom. The van der Waals surface area contributed by atoms with Crippen molar-refractivity contribution in [1.82, 2.24) is 0 Å². The monoisotopic (exact) mass is 502 g/mol. The Morgan fingerprint density at radius 1 is 0.676 bits per heavy atom. The summed E-state index contributed by atoms with van der Waals surface area (Å²) >= 11 is 0. The van der Waals surface area contributed by atoms with Gasteiger partial charge in [0.1, 0.15) is 0 Å². The van der Waals surface area contributed by atoms with Crippen LogP contribution in [-0.2, 0) is 5.41 Å². The number of benzene rings is 1. The summed E-state index contributed by atoms with van der Waals surface area (Å²) in [4.78, 5) is 0. The first-order valence-corrected chi connectivity index (χ1v) is 16.2. The van der Waals surface area contributed by atoms with Crippen LogP contribution in [0.1, 0.15) is 124 Å². The fraction of sp³-hybridized carbons (Fsp3) is 0.784. The highest BCUT2D eigenvalue weighted by molar-refractivity contribution is 5.31. The Balaban J connectivity index is 1.66. The molecule has 4 aliphatic rings. The van der Waals surface area contributed by atoms with Gasteiger partial charge >= 0.3 is 0 Å². The van der Waals surface area contributed by atoms with E-state index in [2.05, 4.69) is 84.5 Å². The standard InChI is InChI=1S/C37H58/c1-8-9-23-37(27-17-13-14-18-27,26-15-11-10-12-16-26)34-32-24-28(35(2,3)4)19-21-30(32)31-22-20-29(25-33(31)34)36(5,6)7/h8,10-12,15-16,27-34H,1,9,13-14,17-25H2,2-7H3. The van der Waals surface area contributed by atoms with E-state index in [1.807, 2.05) is 0 Å². The topological polar surface area (TPSA) is 0 Å². The molecule has 0 spiro atoms. The van der Waals surface area contributed by atoms with E-state index in [1.54, 1.807) is 5.56 Å². The lowest BCUT2D eigenvalue weighted by molar-refractivity contribution is 0.0208. The van der Waals surface area contributed by atoms with Gasteiger partial charge in [0.05, 0.1) is 0 Å². The zero-order valence-corrected chi connectivity index (χ0v) is 25.3. The molecule has 0 amide bonds. The molecule has 5 rings (SSSR count). The first-order valence-electron chi connectivity index (χ1n) is 16.2. The zero-order chi connectivity index (χ0) is 26.4. The number of fused-ring (bicyclic) bond motifs is 3. The summed E-state index contributed by atoms with van der Waals surface area (Å²) in [5, 5.41) is 0. The molecule has 0 aliphatic heterocycles. The summed E-state index contributed by atoms with van der Waals surface area (Å²) in [7, 11) is 0. The van der Waals surface area contributed by atoms with Crippen molar-refractivity contribution in [2.75, 3.05) is 0 Å². The van der Waals surface area contributed by atoms with Gasteiger partial charge in [-0.05, 0) is 128 Å². The van der Waals surface area contributed by atoms with Crippen LogP contribution in [0.15, 0.2) is 43.0 Å². The van der Waals surface area contributed by atoms with Crippen LogP contribution in [0, 0.1) is 58.2 Å². The molecule has 7 unspecified atom stereocenters. The third-order valence-electron chi connectivity index (χ3n) is 12.6. The van der Waals surface area contributed by atoms with Crippen molar-refractivity contribution in [3.63, 3.8) is 0 Å². The SMILES string of the molecule is C=CCCC(c1ccccc1)(C1CCCC1)C1C2CC(C(C)(C)C)CCC2C2CCC(C(C)(C)C)CC21. The van der Waals surface area contributed by atoms with Crippen molar-refractivity contribution in [2.24, 2.45) is 58.2 Å². The summed E-state index contributed by atoms with van der Waals surface area (Å²) in [6.07, 6.45) is 19.4. The van der Waals surface area contributed by atoms with E-state index in [4.69, 9.17) is 0 Å². The van der Waals surface area contributed by atoms with E-state index in [1.165, 1.54) is 77.0 Å². The maximum atomic E-state index is 4.26. The molecule has 0 N–H and O–H groups in total. The van der Waals surface area contributed by atoms with Crippen molar-refractivity contribution in [2.45, 2.75) is 124 Å². The van der Waals surface area contributed by atoms with Gasteiger partial charge in [0.25, 0.3) is 0 Å². The first-order chi connectivity index (χ1) is 17.6. The molecule has 1 aromatic carbocycles. The fourth-order valence-electron chi connectivity index (χ4n) is 10.7. The molecular formula is C37H58. The van der Waals surface area contributed by atoms with Gasteiger partial charge in [-0.15, -0.1) is 6.58 Å². The Hall–Kier alpha value is -1.04. The molecule has 7 atom stereocenters. The van der Waals surface area contributed by atoms with Crippen molar-refractivity contribution in [3.05, 3.63) is 48.6 Å². The summed E-state index contributed by atoms with van der Waals surface area (Å²) in [5.74, 6) is 7.24. The van der Waals surface area contributed by atoms with Crippen LogP contribution in [0.3, 0.4) is 0 Å². The van der Waals surface area contributed by atoms with Crippen LogP contribution < -0.4 is 0 Å². The Morgan fingerprint density at radius 3 is 1.65 bits per heavy atom. The predicted octanol–water partition coefficient (Wildman–Crippen LogP) is 10.9. The first kappa shape index (κ1) is 27.5. The van der Waals surface area contributed by atoms with E-state index in [0.29, 0.717) is 16.2 Å². The second kappa shape index (κ2) is 10.5. The summed E-state index contributed by atoms with van der Waals surface area (Å²) in [6, 6.07) is 12.1. The quantitative estimate of drug-likeness (QED) is 0.339. The molecule has 37 heavy (non-hydrogen) atoms. The van der Waals surface area contributed by atoms with E-state index in [-0.39, 0.29) is 0 Å². The molecule has 0 aromatic heterocycles. The second-order valence-electron chi connectivity index (χ2n) is 16.1. The van der Waals surface area contributed by atoms with Gasteiger partial charge in [0.2, 0.25) is 0 Å². The van der Waals surface area contributed by atoms with Crippen molar-refractivity contribution in [3.8, 4) is 0 Å². The minimum atomic E-state index is 0.327. The molecule has 0 nitrogen and oxygen atoms in total. The average Bonchev–Trinajstić information content (AvgIpc) is 3.51. The lowest BCUT2D eigenvalue weighted by Crippen LogP contribution is -2.48. The molecular weight excluding hydrogens is 444 g/mol. The molecule has 0 heteroatoms. The van der Waals surface area contributed by atoms with E-state index < -0.39 is 0 Å². The van der Waals surface area contributed by atoms with Gasteiger partial charge in [-0.2, -0.15) is 0 Å². The van der Waals surface area contributed by atoms with E-state index in [9.17, 15) is 0 Å². The van der Waals surface area contributed by atoms with Gasteiger partial charge in [-0.25, -0.2) is 0 Å². The second-order valence-corrected chi connectivity index (χ2v) is 16.1. The van der Waals surface area contributed by atoms with Crippen LogP contribution in [0.25, 0.3) is 0 Å². The molecule has 4 saturated carbocycles. The summed E-state index contributed by atoms with van der Waals surface area (Å²) in [6.45, 7) is 19.5. The molecule has 0 saturated heterocycles. The minimum absolute atomic E-state index is 0.327. The Bertz CT molecular complexity index is 852. The Kier molecular flexibility index (Phi) is 7.81. The minimum Gasteiger partial charge on any atom is -0.103 e. The van der Waals surface area contributed by atoms with Crippen LogP contribution in [0.2, 0.25) is 0 Å². The van der Waals surface area contributed by atoms with E-state index >= 15 is 0 Å². The maximum absolute atomic E-state index is 4.26. The van der Waals surface area contributed by atoms with Crippen LogP contribution in [0.5, 0.6) is 0 Å². The van der Waals surface area contributed by atoms with Gasteiger partial charge in [0, 0.05) is 5.41 Å². The molecule has 0 heterocycles. The normalized spacial score (nSPS) is 36.5. The molecule has 1 aromatic rings. The van der Waals surface area contributed by atoms with E-state index in [0.717, 1.165) is 47.3 Å². The summed E-state index contributed by atoms with van der Waals surface area (Å²) in [5.41, 5.74) is 2.89. The van der Waals surface area contributed by atoms with Gasteiger partial charge in [-0.1, -0.05) is 90.8 Å². The van der Waals surface area contributed by atoms with Crippen LogP contribution >= 0.6 is 0 Å². The third-order valence-corrected chi connectivity index (χ3v) is 12.6. The fourth-order valence-corrected chi connectivity index (χ4v) is 10.7. The highest BCUT2D eigenvalue weighted by atomic mass is 14.7. The number of hydrogen-bond acceptors (Lipinski definition) is 0. The third kappa shape index (κ3) is 5.02. The average molecular weight is 503 g/mol. The number of rotatable bonds is 6. The molecule has 4 aliphatic carbocycles. The predicted molar refractivity (Wildman–Crippen MR) is 161 cm³/mol. The smallest absolute Gasteiger partial charge is 0.00179 e. The van der Waals surface area contributed by atoms with Crippen molar-refractivity contribution >= 4 is 0 Å². The van der Waals surface area contributed by atoms with Gasteiger partial charge in [-0.3, -0.25) is 0 Å². The van der Waals surface area contributed by atoms with Gasteiger partial charge in [0.15, 0.2) is 0 Å². The Labute approximate surface area is 230 Å². The van der Waals surface area contributed by atoms with Crippen molar-refractivity contribution in [1.29, 1.82) is 0 Å². The molecule has 4 fully saturated rings. The largest absolute Gasteiger partial charge is 0.103 e. The van der Waals surface area contributed by atoms with Crippen LogP contribution in [0.4, 0.5) is 0 Å². The number of hydrogen-bond donors (Lipinski definition) is 0. The zero-order valence-electron chi connectivity index (χ0n) is 25.3. The lowest BCUT2D eigenvalue weighted by atomic mass is 9.51. The summed E-state index contributed by atoms with van der Waals surface area (Å²) < 4.78 is 0. The highest BCUT2D eigenvalue weighted by Crippen LogP contribution is 2.68. The lowest BCUT2D eigenvalue weighted by Gasteiger charge is -2.53. The molecule has 0 bridgehead atoms. The molecule has 206 valence electrons. The van der Waals surface area contributed by atoms with Gasteiger partial charge < -0.3 is 0 Å². The molecule has 0 radical (unpaired) electrons. The highest BCUT2D eigenvalue weighted by Gasteiger charge is 2.62. The number of allylic oxidation sites excluding steroid dienone is 1. The maximum Gasteiger partial charge on any atom is 0.00179 e. The van der Waals surface area contributed by atoms with Crippen molar-refractivity contribution < 1.29 is 0 Å².